The molecule has 1 aliphatic rings. The summed E-state index contributed by atoms with van der Waals surface area (Å²) in [5.74, 6) is -0.0133. The quantitative estimate of drug-likeness (QED) is 0.815. The Kier molecular flexibility index (Phi) is 5.85. The van der Waals surface area contributed by atoms with E-state index in [0.717, 1.165) is 32.7 Å². The van der Waals surface area contributed by atoms with Crippen LogP contribution in [0.1, 0.15) is 13.3 Å². The van der Waals surface area contributed by atoms with Crippen LogP contribution < -0.4 is 11.1 Å². The second-order valence-electron chi connectivity index (χ2n) is 5.40. The van der Waals surface area contributed by atoms with Gasteiger partial charge < -0.3 is 16.0 Å². The number of nitrogens with one attached hydrogen (secondary N) is 1. The van der Waals surface area contributed by atoms with E-state index in [1.54, 1.807) is 18.2 Å². The van der Waals surface area contributed by atoms with Gasteiger partial charge in [-0.05, 0) is 31.2 Å². The average Bonchev–Trinajstić information content (AvgIpc) is 2.45. The molecule has 2 rings (SSSR count). The number of nitrogens with two attached hydrogens (primary N) is 1. The molecule has 1 aliphatic heterocycles. The number of amides is 1. The van der Waals surface area contributed by atoms with E-state index in [2.05, 4.69) is 22.0 Å². The number of hydrogen-bond acceptors (Lipinski definition) is 4. The van der Waals surface area contributed by atoms with Gasteiger partial charge in [-0.25, -0.2) is 0 Å². The zero-order chi connectivity index (χ0) is 15.2. The van der Waals surface area contributed by atoms with Crippen molar-refractivity contribution in [3.05, 3.63) is 23.2 Å². The molecule has 1 heterocycles. The predicted molar refractivity (Wildman–Crippen MR) is 87.7 cm³/mol. The number of hydrogen-bond donors (Lipinski definition) is 2. The van der Waals surface area contributed by atoms with Gasteiger partial charge in [0.2, 0.25) is 5.91 Å². The molecule has 1 aromatic carbocycles. The summed E-state index contributed by atoms with van der Waals surface area (Å²) < 4.78 is 0. The van der Waals surface area contributed by atoms with Gasteiger partial charge in [0.1, 0.15) is 0 Å². The van der Waals surface area contributed by atoms with Crippen LogP contribution in [-0.4, -0.2) is 55.0 Å². The minimum absolute atomic E-state index is 0.0133. The predicted octanol–water partition coefficient (Wildman–Crippen LogP) is 1.89. The first-order chi connectivity index (χ1) is 10.1. The molecular formula is C15H23ClN4O. The van der Waals surface area contributed by atoms with Gasteiger partial charge in [0.25, 0.3) is 0 Å². The van der Waals surface area contributed by atoms with Crippen molar-refractivity contribution < 1.29 is 4.79 Å². The summed E-state index contributed by atoms with van der Waals surface area (Å²) in [7, 11) is 0. The second-order valence-corrected chi connectivity index (χ2v) is 5.81. The van der Waals surface area contributed by atoms with Gasteiger partial charge in [-0.3, -0.25) is 9.69 Å². The Morgan fingerprint density at radius 3 is 2.57 bits per heavy atom. The molecule has 0 bridgehead atoms. The number of nitrogen functional groups attached to an aromatic ring is 1. The number of carbonyl (C=O) groups excluding carboxylic acids is 1. The molecule has 0 atom stereocenters. The summed E-state index contributed by atoms with van der Waals surface area (Å²) in [4.78, 5) is 16.7. The van der Waals surface area contributed by atoms with E-state index < -0.39 is 0 Å². The van der Waals surface area contributed by atoms with E-state index in [1.807, 2.05) is 0 Å². The molecule has 1 amide bonds. The molecule has 0 aliphatic carbocycles. The minimum Gasteiger partial charge on any atom is -0.397 e. The molecule has 6 heteroatoms. The first kappa shape index (κ1) is 16.1. The van der Waals surface area contributed by atoms with Crippen LogP contribution in [0.5, 0.6) is 0 Å². The second kappa shape index (κ2) is 7.64. The Bertz CT molecular complexity index is 487. The fourth-order valence-corrected chi connectivity index (χ4v) is 2.63. The summed E-state index contributed by atoms with van der Waals surface area (Å²) in [6.07, 6.45) is 1.18. The largest absolute Gasteiger partial charge is 0.397 e. The van der Waals surface area contributed by atoms with E-state index in [9.17, 15) is 4.79 Å². The van der Waals surface area contributed by atoms with Crippen molar-refractivity contribution in [3.63, 3.8) is 0 Å². The number of nitrogens with zero attached hydrogens (tertiary/aromatic N) is 2. The molecule has 5 nitrogen and oxygen atoms in total. The van der Waals surface area contributed by atoms with Crippen LogP contribution in [0.3, 0.4) is 0 Å². The van der Waals surface area contributed by atoms with E-state index in [0.29, 0.717) is 22.9 Å². The zero-order valence-electron chi connectivity index (χ0n) is 12.4. The van der Waals surface area contributed by atoms with Crippen LogP contribution in [0, 0.1) is 0 Å². The van der Waals surface area contributed by atoms with Crippen LogP contribution in [0.25, 0.3) is 0 Å². The average molecular weight is 311 g/mol. The van der Waals surface area contributed by atoms with Crippen molar-refractivity contribution in [2.75, 3.05) is 50.3 Å². The normalized spacial score (nSPS) is 16.9. The highest BCUT2D eigenvalue weighted by atomic mass is 35.5. The smallest absolute Gasteiger partial charge is 0.238 e. The third-order valence-corrected chi connectivity index (χ3v) is 4.00. The SMILES string of the molecule is CCCN1CCN(CC(=O)Nc2ccc(Cl)c(N)c2)CC1. The molecule has 0 spiro atoms. The Labute approximate surface area is 131 Å². The van der Waals surface area contributed by atoms with Crippen molar-refractivity contribution in [3.8, 4) is 0 Å². The molecule has 1 fully saturated rings. The highest BCUT2D eigenvalue weighted by Gasteiger charge is 2.18. The molecule has 116 valence electrons. The van der Waals surface area contributed by atoms with Crippen LogP contribution in [0.4, 0.5) is 11.4 Å². The van der Waals surface area contributed by atoms with E-state index in [-0.39, 0.29) is 5.91 Å². The lowest BCUT2D eigenvalue weighted by Crippen LogP contribution is -2.48. The van der Waals surface area contributed by atoms with Crippen LogP contribution in [0.2, 0.25) is 5.02 Å². The Morgan fingerprint density at radius 1 is 1.29 bits per heavy atom. The fraction of sp³-hybridized carbons (Fsp3) is 0.533. The van der Waals surface area contributed by atoms with Gasteiger partial charge in [0.05, 0.1) is 17.3 Å². The molecule has 21 heavy (non-hydrogen) atoms. The van der Waals surface area contributed by atoms with Crippen molar-refractivity contribution >= 4 is 28.9 Å². The van der Waals surface area contributed by atoms with E-state index >= 15 is 0 Å². The number of carbonyl (C=O) groups is 1. The van der Waals surface area contributed by atoms with Crippen LogP contribution in [-0.2, 0) is 4.79 Å². The summed E-state index contributed by atoms with van der Waals surface area (Å²) >= 11 is 5.86. The lowest BCUT2D eigenvalue weighted by molar-refractivity contribution is -0.117. The summed E-state index contributed by atoms with van der Waals surface area (Å²) in [5.41, 5.74) is 6.89. The topological polar surface area (TPSA) is 61.6 Å². The molecule has 0 radical (unpaired) electrons. The standard InChI is InChI=1S/C15H23ClN4O/c1-2-5-19-6-8-20(9-7-19)11-15(21)18-12-3-4-13(16)14(17)10-12/h3-4,10H,2,5-9,11,17H2,1H3,(H,18,21). The third kappa shape index (κ3) is 4.88. The maximum absolute atomic E-state index is 12.0. The van der Waals surface area contributed by atoms with Gasteiger partial charge in [0, 0.05) is 31.9 Å². The minimum atomic E-state index is -0.0133. The van der Waals surface area contributed by atoms with Crippen molar-refractivity contribution in [1.29, 1.82) is 0 Å². The number of benzene rings is 1. The van der Waals surface area contributed by atoms with E-state index in [4.69, 9.17) is 17.3 Å². The first-order valence-corrected chi connectivity index (χ1v) is 7.76. The van der Waals surface area contributed by atoms with Gasteiger partial charge in [-0.1, -0.05) is 18.5 Å². The monoisotopic (exact) mass is 310 g/mol. The van der Waals surface area contributed by atoms with Crippen LogP contribution >= 0.6 is 11.6 Å². The van der Waals surface area contributed by atoms with Gasteiger partial charge in [-0.15, -0.1) is 0 Å². The summed E-state index contributed by atoms with van der Waals surface area (Å²) in [6.45, 7) is 7.71. The van der Waals surface area contributed by atoms with Crippen molar-refractivity contribution in [2.45, 2.75) is 13.3 Å². The van der Waals surface area contributed by atoms with Crippen molar-refractivity contribution in [1.82, 2.24) is 9.80 Å². The van der Waals surface area contributed by atoms with Crippen molar-refractivity contribution in [2.24, 2.45) is 0 Å². The third-order valence-electron chi connectivity index (χ3n) is 3.65. The Hall–Kier alpha value is -1.30. The molecule has 1 aromatic rings. The van der Waals surface area contributed by atoms with Gasteiger partial charge in [0.15, 0.2) is 0 Å². The highest BCUT2D eigenvalue weighted by Crippen LogP contribution is 2.22. The number of anilines is 2. The summed E-state index contributed by atoms with van der Waals surface area (Å²) in [6, 6.07) is 5.13. The lowest BCUT2D eigenvalue weighted by Gasteiger charge is -2.34. The molecule has 0 unspecified atom stereocenters. The highest BCUT2D eigenvalue weighted by molar-refractivity contribution is 6.33. The van der Waals surface area contributed by atoms with Crippen LogP contribution in [0.15, 0.2) is 18.2 Å². The Balaban J connectivity index is 1.78. The molecule has 1 saturated heterocycles. The van der Waals surface area contributed by atoms with Gasteiger partial charge in [-0.2, -0.15) is 0 Å². The Morgan fingerprint density at radius 2 is 1.95 bits per heavy atom. The lowest BCUT2D eigenvalue weighted by atomic mass is 10.2. The maximum atomic E-state index is 12.0. The number of rotatable bonds is 5. The number of piperazine rings is 1. The molecule has 0 aromatic heterocycles. The molecule has 3 N–H and O–H groups in total. The van der Waals surface area contributed by atoms with Gasteiger partial charge >= 0.3 is 0 Å². The number of halogens is 1. The summed E-state index contributed by atoms with van der Waals surface area (Å²) in [5, 5.41) is 3.36. The molecule has 0 saturated carbocycles. The maximum Gasteiger partial charge on any atom is 0.238 e. The van der Waals surface area contributed by atoms with E-state index in [1.165, 1.54) is 6.42 Å². The first-order valence-electron chi connectivity index (χ1n) is 7.38. The zero-order valence-corrected chi connectivity index (χ0v) is 13.2. The molecular weight excluding hydrogens is 288 g/mol. The fourth-order valence-electron chi connectivity index (χ4n) is 2.51.